The molecular formula is C15H18FNO2. The highest BCUT2D eigenvalue weighted by Gasteiger charge is 2.42. The maximum atomic E-state index is 13.1. The van der Waals surface area contributed by atoms with Gasteiger partial charge in [0.25, 0.3) is 0 Å². The molecule has 1 heterocycles. The van der Waals surface area contributed by atoms with Crippen molar-refractivity contribution < 1.29 is 13.6 Å². The molecule has 0 atom stereocenters. The van der Waals surface area contributed by atoms with E-state index < -0.39 is 11.0 Å². The van der Waals surface area contributed by atoms with Crippen LogP contribution in [0, 0.1) is 11.2 Å². The number of hydrogen-bond donors (Lipinski definition) is 1. The van der Waals surface area contributed by atoms with E-state index in [0.29, 0.717) is 11.0 Å². The highest BCUT2D eigenvalue weighted by Crippen LogP contribution is 2.34. The minimum Gasteiger partial charge on any atom is -0.453 e. The van der Waals surface area contributed by atoms with Gasteiger partial charge in [-0.1, -0.05) is 13.8 Å². The third-order valence-corrected chi connectivity index (χ3v) is 3.88. The Bertz CT molecular complexity index is 635. The standard InChI is InChI=1S/C15H18FNO2/c1-14(2,15(3,4)17)13(18)12-8-9-7-10(16)5-6-11(9)19-12/h5-8H,17H2,1-4H3. The molecule has 0 bridgehead atoms. The summed E-state index contributed by atoms with van der Waals surface area (Å²) in [5.41, 5.74) is 5.08. The van der Waals surface area contributed by atoms with Gasteiger partial charge in [0, 0.05) is 16.3 Å². The van der Waals surface area contributed by atoms with Gasteiger partial charge in [-0.15, -0.1) is 0 Å². The Morgan fingerprint density at radius 1 is 1.21 bits per heavy atom. The number of carbonyl (C=O) groups is 1. The second-order valence-electron chi connectivity index (χ2n) is 5.97. The van der Waals surface area contributed by atoms with Crippen molar-refractivity contribution in [3.8, 4) is 0 Å². The number of Topliss-reactive ketones (excluding diaryl/α,β-unsaturated/α-hetero) is 1. The smallest absolute Gasteiger partial charge is 0.205 e. The summed E-state index contributed by atoms with van der Waals surface area (Å²) >= 11 is 0. The summed E-state index contributed by atoms with van der Waals surface area (Å²) in [6.07, 6.45) is 0. The van der Waals surface area contributed by atoms with E-state index in [0.717, 1.165) is 0 Å². The van der Waals surface area contributed by atoms with Crippen LogP contribution < -0.4 is 5.73 Å². The SMILES string of the molecule is CC(C)(N)C(C)(C)C(=O)c1cc2cc(F)ccc2o1. The summed E-state index contributed by atoms with van der Waals surface area (Å²) in [5, 5.41) is 0.578. The van der Waals surface area contributed by atoms with Gasteiger partial charge >= 0.3 is 0 Å². The molecule has 0 unspecified atom stereocenters. The van der Waals surface area contributed by atoms with Crippen molar-refractivity contribution in [2.24, 2.45) is 11.1 Å². The van der Waals surface area contributed by atoms with Crippen LogP contribution >= 0.6 is 0 Å². The molecule has 2 N–H and O–H groups in total. The zero-order valence-electron chi connectivity index (χ0n) is 11.6. The van der Waals surface area contributed by atoms with E-state index in [1.54, 1.807) is 33.8 Å². The molecule has 2 rings (SSSR count). The molecule has 0 saturated heterocycles. The average molecular weight is 263 g/mol. The lowest BCUT2D eigenvalue weighted by molar-refractivity contribution is 0.0706. The zero-order valence-corrected chi connectivity index (χ0v) is 11.6. The summed E-state index contributed by atoms with van der Waals surface area (Å²) in [6, 6.07) is 5.73. The number of halogens is 1. The van der Waals surface area contributed by atoms with Crippen molar-refractivity contribution >= 4 is 16.8 Å². The Morgan fingerprint density at radius 3 is 2.42 bits per heavy atom. The quantitative estimate of drug-likeness (QED) is 0.862. The maximum Gasteiger partial charge on any atom is 0.205 e. The van der Waals surface area contributed by atoms with E-state index >= 15 is 0 Å². The molecule has 0 fully saturated rings. The van der Waals surface area contributed by atoms with Crippen LogP contribution in [0.3, 0.4) is 0 Å². The molecule has 102 valence electrons. The normalized spacial score (nSPS) is 12.9. The van der Waals surface area contributed by atoms with Gasteiger partial charge in [-0.25, -0.2) is 4.39 Å². The highest BCUT2D eigenvalue weighted by atomic mass is 19.1. The van der Waals surface area contributed by atoms with E-state index in [4.69, 9.17) is 10.2 Å². The highest BCUT2D eigenvalue weighted by molar-refractivity contribution is 6.01. The van der Waals surface area contributed by atoms with E-state index in [2.05, 4.69) is 0 Å². The fourth-order valence-corrected chi connectivity index (χ4v) is 1.73. The average Bonchev–Trinajstić information content (AvgIpc) is 2.68. The van der Waals surface area contributed by atoms with Crippen LogP contribution in [-0.4, -0.2) is 11.3 Å². The lowest BCUT2D eigenvalue weighted by atomic mass is 9.71. The minimum absolute atomic E-state index is 0.184. The second-order valence-corrected chi connectivity index (χ2v) is 5.97. The fourth-order valence-electron chi connectivity index (χ4n) is 1.73. The first kappa shape index (κ1) is 13.7. The van der Waals surface area contributed by atoms with Crippen molar-refractivity contribution in [1.82, 2.24) is 0 Å². The van der Waals surface area contributed by atoms with Gasteiger partial charge < -0.3 is 10.2 Å². The zero-order chi connectivity index (χ0) is 14.4. The third kappa shape index (κ3) is 2.28. The van der Waals surface area contributed by atoms with Gasteiger partial charge in [0.05, 0.1) is 0 Å². The number of rotatable bonds is 3. The van der Waals surface area contributed by atoms with Gasteiger partial charge in [0.2, 0.25) is 5.78 Å². The molecule has 1 aromatic heterocycles. The van der Waals surface area contributed by atoms with E-state index in [1.807, 2.05) is 0 Å². The van der Waals surface area contributed by atoms with Gasteiger partial charge in [0.1, 0.15) is 11.4 Å². The largest absolute Gasteiger partial charge is 0.453 e. The Morgan fingerprint density at radius 2 is 1.84 bits per heavy atom. The number of ketones is 1. The molecule has 1 aromatic carbocycles. The van der Waals surface area contributed by atoms with Gasteiger partial charge in [-0.05, 0) is 38.1 Å². The first-order valence-corrected chi connectivity index (χ1v) is 6.16. The molecule has 0 aliphatic rings. The van der Waals surface area contributed by atoms with Crippen molar-refractivity contribution in [1.29, 1.82) is 0 Å². The summed E-state index contributed by atoms with van der Waals surface area (Å²) in [4.78, 5) is 12.5. The summed E-state index contributed by atoms with van der Waals surface area (Å²) in [6.45, 7) is 7.16. The molecule has 0 saturated carbocycles. The molecule has 0 radical (unpaired) electrons. The summed E-state index contributed by atoms with van der Waals surface area (Å²) in [7, 11) is 0. The molecule has 0 amide bonds. The third-order valence-electron chi connectivity index (χ3n) is 3.88. The van der Waals surface area contributed by atoms with Gasteiger partial charge in [-0.3, -0.25) is 4.79 Å². The fraction of sp³-hybridized carbons (Fsp3) is 0.400. The van der Waals surface area contributed by atoms with Gasteiger partial charge in [0.15, 0.2) is 5.76 Å². The molecule has 2 aromatic rings. The van der Waals surface area contributed by atoms with E-state index in [1.165, 1.54) is 18.2 Å². The van der Waals surface area contributed by atoms with Crippen LogP contribution in [0.4, 0.5) is 4.39 Å². The number of benzene rings is 1. The predicted octanol–water partition coefficient (Wildman–Crippen LogP) is 3.52. The topological polar surface area (TPSA) is 56.2 Å². The molecule has 0 spiro atoms. The molecule has 0 aliphatic heterocycles. The molecule has 4 heteroatoms. The minimum atomic E-state index is -0.778. The lowest BCUT2D eigenvalue weighted by Crippen LogP contribution is -2.51. The molecular weight excluding hydrogens is 245 g/mol. The Kier molecular flexibility index (Phi) is 3.01. The lowest BCUT2D eigenvalue weighted by Gasteiger charge is -2.36. The van der Waals surface area contributed by atoms with Crippen LogP contribution in [-0.2, 0) is 0 Å². The number of furan rings is 1. The maximum absolute atomic E-state index is 13.1. The first-order valence-electron chi connectivity index (χ1n) is 6.16. The van der Waals surface area contributed by atoms with Crippen molar-refractivity contribution in [2.45, 2.75) is 33.2 Å². The van der Waals surface area contributed by atoms with E-state index in [-0.39, 0.29) is 17.4 Å². The van der Waals surface area contributed by atoms with E-state index in [9.17, 15) is 9.18 Å². The Balaban J connectivity index is 2.48. The second kappa shape index (κ2) is 4.17. The van der Waals surface area contributed by atoms with Crippen molar-refractivity contribution in [3.63, 3.8) is 0 Å². The monoisotopic (exact) mass is 263 g/mol. The Hall–Kier alpha value is -1.68. The molecule has 3 nitrogen and oxygen atoms in total. The Labute approximate surface area is 111 Å². The number of fused-ring (bicyclic) bond motifs is 1. The first-order chi connectivity index (χ1) is 8.63. The van der Waals surface area contributed by atoms with Crippen molar-refractivity contribution in [3.05, 3.63) is 35.8 Å². The van der Waals surface area contributed by atoms with Crippen molar-refractivity contribution in [2.75, 3.05) is 0 Å². The van der Waals surface area contributed by atoms with Crippen LogP contribution in [0.1, 0.15) is 38.2 Å². The van der Waals surface area contributed by atoms with Gasteiger partial charge in [-0.2, -0.15) is 0 Å². The van der Waals surface area contributed by atoms with Crippen LogP contribution in [0.2, 0.25) is 0 Å². The predicted molar refractivity (Wildman–Crippen MR) is 72.5 cm³/mol. The number of carbonyl (C=O) groups excluding carboxylic acids is 1. The van der Waals surface area contributed by atoms with Crippen LogP contribution in [0.5, 0.6) is 0 Å². The number of hydrogen-bond acceptors (Lipinski definition) is 3. The molecule has 0 aliphatic carbocycles. The van der Waals surface area contributed by atoms with Crippen LogP contribution in [0.15, 0.2) is 28.7 Å². The molecule has 19 heavy (non-hydrogen) atoms. The summed E-state index contributed by atoms with van der Waals surface area (Å²) in [5.74, 6) is -0.327. The van der Waals surface area contributed by atoms with Crippen LogP contribution in [0.25, 0.3) is 11.0 Å². The summed E-state index contributed by atoms with van der Waals surface area (Å²) < 4.78 is 18.6. The number of nitrogens with two attached hydrogens (primary N) is 1.